The monoisotopic (exact) mass is 367 g/mol. The first-order valence-electron chi connectivity index (χ1n) is 6.42. The van der Waals surface area contributed by atoms with Crippen molar-refractivity contribution in [3.8, 4) is 0 Å². The summed E-state index contributed by atoms with van der Waals surface area (Å²) in [4.78, 5) is 0.704. The van der Waals surface area contributed by atoms with Gasteiger partial charge in [0, 0.05) is 4.88 Å². The Morgan fingerprint density at radius 1 is 1.13 bits per heavy atom. The van der Waals surface area contributed by atoms with E-state index in [0.29, 0.717) is 10.4 Å². The van der Waals surface area contributed by atoms with Gasteiger partial charge in [-0.1, -0.05) is 12.1 Å². The summed E-state index contributed by atoms with van der Waals surface area (Å²) in [5.74, 6) is -0.706. The van der Waals surface area contributed by atoms with Gasteiger partial charge in [-0.3, -0.25) is 0 Å². The quantitative estimate of drug-likeness (QED) is 0.828. The molecule has 0 saturated heterocycles. The first-order chi connectivity index (χ1) is 10.5. The normalized spacial score (nSPS) is 14.0. The van der Waals surface area contributed by atoms with E-state index in [4.69, 9.17) is 0 Å². The SMILES string of the molecule is Cc1cc(S(=O)(=O)NC(c2ccc(F)cc2)C(F)(F)F)sc1C. The zero-order chi connectivity index (χ0) is 17.4. The highest BCUT2D eigenvalue weighted by Gasteiger charge is 2.43. The zero-order valence-electron chi connectivity index (χ0n) is 12.1. The van der Waals surface area contributed by atoms with Crippen LogP contribution in [0.15, 0.2) is 34.5 Å². The van der Waals surface area contributed by atoms with Crippen LogP contribution in [-0.2, 0) is 10.0 Å². The maximum atomic E-state index is 13.2. The molecule has 0 bridgehead atoms. The lowest BCUT2D eigenvalue weighted by molar-refractivity contribution is -0.153. The van der Waals surface area contributed by atoms with Crippen molar-refractivity contribution in [1.82, 2.24) is 4.72 Å². The minimum atomic E-state index is -4.85. The highest BCUT2D eigenvalue weighted by Crippen LogP contribution is 2.35. The van der Waals surface area contributed by atoms with Gasteiger partial charge < -0.3 is 0 Å². The van der Waals surface area contributed by atoms with Crippen molar-refractivity contribution in [2.45, 2.75) is 30.3 Å². The van der Waals surface area contributed by atoms with E-state index in [1.165, 1.54) is 6.07 Å². The number of rotatable bonds is 4. The molecular formula is C14H13F4NO2S2. The zero-order valence-corrected chi connectivity index (χ0v) is 13.7. The number of aryl methyl sites for hydroxylation is 2. The Balaban J connectivity index is 2.40. The van der Waals surface area contributed by atoms with E-state index in [1.54, 1.807) is 18.6 Å². The van der Waals surface area contributed by atoms with Gasteiger partial charge in [0.05, 0.1) is 0 Å². The van der Waals surface area contributed by atoms with Gasteiger partial charge in [-0.2, -0.15) is 17.9 Å². The van der Waals surface area contributed by atoms with Crippen molar-refractivity contribution in [1.29, 1.82) is 0 Å². The Morgan fingerprint density at radius 3 is 2.13 bits per heavy atom. The molecule has 23 heavy (non-hydrogen) atoms. The predicted octanol–water partition coefficient (Wildman–Crippen LogP) is 4.09. The fraction of sp³-hybridized carbons (Fsp3) is 0.286. The van der Waals surface area contributed by atoms with E-state index < -0.39 is 28.1 Å². The molecule has 1 atom stereocenters. The molecule has 1 aromatic carbocycles. The molecule has 2 rings (SSSR count). The molecule has 0 fully saturated rings. The maximum Gasteiger partial charge on any atom is 0.408 e. The lowest BCUT2D eigenvalue weighted by atomic mass is 10.1. The van der Waals surface area contributed by atoms with Crippen molar-refractivity contribution in [3.05, 3.63) is 52.2 Å². The van der Waals surface area contributed by atoms with E-state index in [-0.39, 0.29) is 9.77 Å². The third-order valence-corrected chi connectivity index (χ3v) is 6.26. The van der Waals surface area contributed by atoms with Crippen LogP contribution in [0.25, 0.3) is 0 Å². The molecule has 1 heterocycles. The highest BCUT2D eigenvalue weighted by molar-refractivity contribution is 7.91. The second kappa shape index (κ2) is 6.21. The summed E-state index contributed by atoms with van der Waals surface area (Å²) in [5, 5.41) is 0. The van der Waals surface area contributed by atoms with Crippen molar-refractivity contribution < 1.29 is 26.0 Å². The van der Waals surface area contributed by atoms with Crippen molar-refractivity contribution >= 4 is 21.4 Å². The van der Waals surface area contributed by atoms with Crippen LogP contribution in [0.4, 0.5) is 17.6 Å². The van der Waals surface area contributed by atoms with Crippen LogP contribution in [-0.4, -0.2) is 14.6 Å². The first kappa shape index (κ1) is 17.9. The summed E-state index contributed by atoms with van der Waals surface area (Å²) < 4.78 is 78.4. The Labute approximate surface area is 135 Å². The number of halogens is 4. The van der Waals surface area contributed by atoms with Gasteiger partial charge in [0.1, 0.15) is 16.1 Å². The van der Waals surface area contributed by atoms with Crippen LogP contribution in [0.1, 0.15) is 22.0 Å². The van der Waals surface area contributed by atoms with Crippen LogP contribution in [0, 0.1) is 19.7 Å². The molecule has 0 aliphatic heterocycles. The van der Waals surface area contributed by atoms with Gasteiger partial charge in [-0.05, 0) is 43.2 Å². The molecule has 0 aliphatic carbocycles. The second-order valence-corrected chi connectivity index (χ2v) is 8.15. The van der Waals surface area contributed by atoms with E-state index in [0.717, 1.165) is 35.6 Å². The molecule has 1 unspecified atom stereocenters. The molecule has 9 heteroatoms. The number of hydrogen-bond acceptors (Lipinski definition) is 3. The summed E-state index contributed by atoms with van der Waals surface area (Å²) >= 11 is 0.894. The fourth-order valence-corrected chi connectivity index (χ4v) is 4.61. The summed E-state index contributed by atoms with van der Waals surface area (Å²) in [5.41, 5.74) is 0.299. The minimum Gasteiger partial charge on any atom is -0.207 e. The Bertz CT molecular complexity index is 776. The van der Waals surface area contributed by atoms with Crippen LogP contribution >= 0.6 is 11.3 Å². The van der Waals surface area contributed by atoms with Gasteiger partial charge in [-0.15, -0.1) is 11.3 Å². The van der Waals surface area contributed by atoms with Crippen LogP contribution in [0.5, 0.6) is 0 Å². The summed E-state index contributed by atoms with van der Waals surface area (Å²) in [6, 6.07) is 2.38. The predicted molar refractivity (Wildman–Crippen MR) is 79.3 cm³/mol. The highest BCUT2D eigenvalue weighted by atomic mass is 32.2. The molecule has 0 aliphatic rings. The summed E-state index contributed by atoms with van der Waals surface area (Å²) in [7, 11) is -4.35. The van der Waals surface area contributed by atoms with Crippen LogP contribution in [0.3, 0.4) is 0 Å². The molecule has 126 valence electrons. The third-order valence-electron chi connectivity index (χ3n) is 3.21. The number of hydrogen-bond donors (Lipinski definition) is 1. The van der Waals surface area contributed by atoms with Crippen LogP contribution < -0.4 is 4.72 Å². The largest absolute Gasteiger partial charge is 0.408 e. The fourth-order valence-electron chi connectivity index (χ4n) is 1.86. The molecule has 1 aromatic heterocycles. The van der Waals surface area contributed by atoms with E-state index >= 15 is 0 Å². The summed E-state index contributed by atoms with van der Waals surface area (Å²) in [6.07, 6.45) is -4.85. The van der Waals surface area contributed by atoms with Crippen molar-refractivity contribution in [2.75, 3.05) is 0 Å². The molecule has 2 aromatic rings. The average Bonchev–Trinajstić information content (AvgIpc) is 2.77. The summed E-state index contributed by atoms with van der Waals surface area (Å²) in [6.45, 7) is 3.35. The lowest BCUT2D eigenvalue weighted by Crippen LogP contribution is -2.37. The van der Waals surface area contributed by atoms with Crippen LogP contribution in [0.2, 0.25) is 0 Å². The Morgan fingerprint density at radius 2 is 1.70 bits per heavy atom. The minimum absolute atomic E-state index is 0.191. The second-order valence-electron chi connectivity index (χ2n) is 4.95. The molecular weight excluding hydrogens is 354 g/mol. The standard InChI is InChI=1S/C14H13F4NO2S2/c1-8-7-12(22-9(8)2)23(20,21)19-13(14(16,17)18)10-3-5-11(15)6-4-10/h3-7,13,19H,1-2H3. The number of nitrogens with one attached hydrogen (secondary N) is 1. The Hall–Kier alpha value is -1.45. The van der Waals surface area contributed by atoms with Gasteiger partial charge >= 0.3 is 6.18 Å². The number of alkyl halides is 3. The van der Waals surface area contributed by atoms with Crippen molar-refractivity contribution in [3.63, 3.8) is 0 Å². The van der Waals surface area contributed by atoms with Gasteiger partial charge in [0.2, 0.25) is 0 Å². The topological polar surface area (TPSA) is 46.2 Å². The number of thiophene rings is 1. The Kier molecular flexibility index (Phi) is 4.84. The van der Waals surface area contributed by atoms with E-state index in [9.17, 15) is 26.0 Å². The smallest absolute Gasteiger partial charge is 0.207 e. The maximum absolute atomic E-state index is 13.2. The van der Waals surface area contributed by atoms with Gasteiger partial charge in [0.15, 0.2) is 0 Å². The van der Waals surface area contributed by atoms with E-state index in [2.05, 4.69) is 0 Å². The first-order valence-corrected chi connectivity index (χ1v) is 8.72. The van der Waals surface area contributed by atoms with Gasteiger partial charge in [0.25, 0.3) is 10.0 Å². The number of benzene rings is 1. The average molecular weight is 367 g/mol. The third kappa shape index (κ3) is 4.10. The molecule has 0 radical (unpaired) electrons. The van der Waals surface area contributed by atoms with E-state index in [1.807, 2.05) is 0 Å². The molecule has 0 amide bonds. The van der Waals surface area contributed by atoms with Gasteiger partial charge in [-0.25, -0.2) is 12.8 Å². The molecule has 3 nitrogen and oxygen atoms in total. The molecule has 0 saturated carbocycles. The molecule has 0 spiro atoms. The molecule has 1 N–H and O–H groups in total. The van der Waals surface area contributed by atoms with Crippen molar-refractivity contribution in [2.24, 2.45) is 0 Å². The lowest BCUT2D eigenvalue weighted by Gasteiger charge is -2.21. The number of sulfonamides is 1.